The molecule has 2 aliphatic heterocycles. The Labute approximate surface area is 140 Å². The van der Waals surface area contributed by atoms with Gasteiger partial charge in [-0.2, -0.15) is 0 Å². The lowest BCUT2D eigenvalue weighted by Crippen LogP contribution is -2.32. The third-order valence-corrected chi connectivity index (χ3v) is 3.36. The smallest absolute Gasteiger partial charge is 0.330 e. The summed E-state index contributed by atoms with van der Waals surface area (Å²) in [6.07, 6.45) is 4.33. The van der Waals surface area contributed by atoms with Crippen molar-refractivity contribution in [3.05, 3.63) is 12.2 Å². The van der Waals surface area contributed by atoms with Crippen LogP contribution in [0, 0.1) is 0 Å². The topological polar surface area (TPSA) is 101 Å². The van der Waals surface area contributed by atoms with Gasteiger partial charge in [0.25, 0.3) is 23.6 Å². The minimum absolute atomic E-state index is 0.0667. The molecule has 8 heteroatoms. The number of carbonyl (C=O) groups excluding carboxylic acids is 5. The number of imide groups is 2. The Morgan fingerprint density at radius 2 is 1.50 bits per heavy atom. The summed E-state index contributed by atoms with van der Waals surface area (Å²) in [6, 6.07) is 0. The van der Waals surface area contributed by atoms with Crippen LogP contribution in [0.5, 0.6) is 0 Å². The van der Waals surface area contributed by atoms with E-state index < -0.39 is 17.8 Å². The monoisotopic (exact) mass is 338 g/mol. The number of rotatable bonds is 7. The maximum atomic E-state index is 11.5. The summed E-state index contributed by atoms with van der Waals surface area (Å²) in [6.45, 7) is 4.31. The first-order valence-electron chi connectivity index (χ1n) is 8.09. The van der Waals surface area contributed by atoms with Crippen LogP contribution in [0.1, 0.15) is 52.4 Å². The van der Waals surface area contributed by atoms with Crippen molar-refractivity contribution in [2.75, 3.05) is 6.54 Å². The lowest BCUT2D eigenvalue weighted by atomic mass is 10.2. The van der Waals surface area contributed by atoms with Crippen molar-refractivity contribution in [2.24, 2.45) is 0 Å². The Bertz CT molecular complexity index is 521. The molecule has 0 aromatic carbocycles. The van der Waals surface area contributed by atoms with Crippen LogP contribution in [0.3, 0.4) is 0 Å². The van der Waals surface area contributed by atoms with Gasteiger partial charge >= 0.3 is 5.97 Å². The van der Waals surface area contributed by atoms with E-state index in [1.165, 1.54) is 12.2 Å². The van der Waals surface area contributed by atoms with Gasteiger partial charge in [0.1, 0.15) is 0 Å². The fourth-order valence-corrected chi connectivity index (χ4v) is 2.17. The molecule has 2 aliphatic rings. The molecular weight excluding hydrogens is 316 g/mol. The van der Waals surface area contributed by atoms with Crippen molar-refractivity contribution >= 4 is 29.6 Å². The van der Waals surface area contributed by atoms with Gasteiger partial charge in [-0.05, 0) is 12.8 Å². The maximum absolute atomic E-state index is 11.5. The predicted octanol–water partition coefficient (Wildman–Crippen LogP) is 1.11. The van der Waals surface area contributed by atoms with Crippen LogP contribution in [0.15, 0.2) is 12.2 Å². The molecule has 0 bridgehead atoms. The second-order valence-corrected chi connectivity index (χ2v) is 5.02. The SMILES string of the molecule is CC.O=C(CCCCCN1C(=O)C=CC1=O)ON1C(=O)CCC1=O. The summed E-state index contributed by atoms with van der Waals surface area (Å²) in [4.78, 5) is 62.5. The quantitative estimate of drug-likeness (QED) is 0.509. The standard InChI is InChI=1S/C14H16N2O6.C2H6/c17-10-5-6-11(18)15(10)9-3-1-2-4-14(21)22-16-12(19)7-8-13(16)20;1-2/h5-6H,1-4,7-9H2;1-2H3. The summed E-state index contributed by atoms with van der Waals surface area (Å²) in [5.74, 6) is -2.29. The van der Waals surface area contributed by atoms with Gasteiger partial charge in [0.15, 0.2) is 0 Å². The van der Waals surface area contributed by atoms with Gasteiger partial charge < -0.3 is 4.84 Å². The molecule has 0 N–H and O–H groups in total. The Morgan fingerprint density at radius 3 is 2.04 bits per heavy atom. The largest absolute Gasteiger partial charge is 0.333 e. The average Bonchev–Trinajstić information content (AvgIpc) is 3.06. The minimum atomic E-state index is -0.640. The van der Waals surface area contributed by atoms with Crippen molar-refractivity contribution in [1.82, 2.24) is 9.96 Å². The number of unbranched alkanes of at least 4 members (excludes halogenated alkanes) is 2. The lowest BCUT2D eigenvalue weighted by Gasteiger charge is -2.14. The molecule has 8 nitrogen and oxygen atoms in total. The number of carbonyl (C=O) groups is 5. The summed E-state index contributed by atoms with van der Waals surface area (Å²) < 4.78 is 0. The van der Waals surface area contributed by atoms with E-state index in [2.05, 4.69) is 0 Å². The third kappa shape index (κ3) is 5.29. The number of amides is 4. The Balaban J connectivity index is 0.00000139. The predicted molar refractivity (Wildman–Crippen MR) is 82.9 cm³/mol. The molecule has 1 fully saturated rings. The van der Waals surface area contributed by atoms with Crippen LogP contribution in [0.25, 0.3) is 0 Å². The Morgan fingerprint density at radius 1 is 0.958 bits per heavy atom. The highest BCUT2D eigenvalue weighted by molar-refractivity contribution is 6.12. The molecule has 2 rings (SSSR count). The van der Waals surface area contributed by atoms with E-state index in [-0.39, 0.29) is 31.1 Å². The van der Waals surface area contributed by atoms with Gasteiger partial charge in [0.2, 0.25) is 0 Å². The van der Waals surface area contributed by atoms with Crippen LogP contribution in [-0.2, 0) is 28.8 Å². The summed E-state index contributed by atoms with van der Waals surface area (Å²) >= 11 is 0. The van der Waals surface area contributed by atoms with Crippen LogP contribution >= 0.6 is 0 Å². The van der Waals surface area contributed by atoms with E-state index in [0.717, 1.165) is 4.90 Å². The zero-order chi connectivity index (χ0) is 18.1. The van der Waals surface area contributed by atoms with E-state index in [0.29, 0.717) is 30.9 Å². The van der Waals surface area contributed by atoms with Crippen molar-refractivity contribution in [3.63, 3.8) is 0 Å². The summed E-state index contributed by atoms with van der Waals surface area (Å²) in [5, 5.41) is 0.523. The van der Waals surface area contributed by atoms with Gasteiger partial charge in [-0.25, -0.2) is 4.79 Å². The molecule has 2 heterocycles. The number of hydroxylamine groups is 2. The van der Waals surface area contributed by atoms with E-state index in [1.807, 2.05) is 13.8 Å². The molecular formula is C16H22N2O6. The second-order valence-electron chi connectivity index (χ2n) is 5.02. The fourth-order valence-electron chi connectivity index (χ4n) is 2.17. The first-order chi connectivity index (χ1) is 11.5. The Hall–Kier alpha value is -2.51. The van der Waals surface area contributed by atoms with Gasteiger partial charge in [0.05, 0.1) is 0 Å². The van der Waals surface area contributed by atoms with E-state index in [9.17, 15) is 24.0 Å². The Kier molecular flexibility index (Phi) is 7.81. The molecule has 0 radical (unpaired) electrons. The molecule has 0 atom stereocenters. The number of nitrogens with zero attached hydrogens (tertiary/aromatic N) is 2. The molecule has 4 amide bonds. The van der Waals surface area contributed by atoms with E-state index in [4.69, 9.17) is 4.84 Å². The van der Waals surface area contributed by atoms with E-state index >= 15 is 0 Å². The zero-order valence-corrected chi connectivity index (χ0v) is 13.9. The molecule has 132 valence electrons. The van der Waals surface area contributed by atoms with Gasteiger partial charge in [-0.15, -0.1) is 5.06 Å². The third-order valence-electron chi connectivity index (χ3n) is 3.36. The highest BCUT2D eigenvalue weighted by Crippen LogP contribution is 2.14. The van der Waals surface area contributed by atoms with Crippen LogP contribution < -0.4 is 0 Å². The maximum Gasteiger partial charge on any atom is 0.333 e. The number of hydrogen-bond donors (Lipinski definition) is 0. The molecule has 0 aromatic rings. The van der Waals surface area contributed by atoms with Gasteiger partial charge in [-0.3, -0.25) is 24.1 Å². The lowest BCUT2D eigenvalue weighted by molar-refractivity contribution is -0.197. The second kappa shape index (κ2) is 9.59. The van der Waals surface area contributed by atoms with Crippen molar-refractivity contribution in [3.8, 4) is 0 Å². The van der Waals surface area contributed by atoms with Gasteiger partial charge in [0, 0.05) is 38.0 Å². The van der Waals surface area contributed by atoms with Crippen molar-refractivity contribution in [1.29, 1.82) is 0 Å². The molecule has 0 unspecified atom stereocenters. The first-order valence-corrected chi connectivity index (χ1v) is 8.09. The van der Waals surface area contributed by atoms with Gasteiger partial charge in [-0.1, -0.05) is 20.3 Å². The highest BCUT2D eigenvalue weighted by atomic mass is 16.7. The van der Waals surface area contributed by atoms with Crippen molar-refractivity contribution < 1.29 is 28.8 Å². The molecule has 0 spiro atoms. The number of hydrogen-bond acceptors (Lipinski definition) is 6. The summed E-state index contributed by atoms with van der Waals surface area (Å²) in [5.41, 5.74) is 0. The minimum Gasteiger partial charge on any atom is -0.330 e. The molecule has 0 aromatic heterocycles. The fraction of sp³-hybridized carbons (Fsp3) is 0.562. The molecule has 0 aliphatic carbocycles. The molecule has 1 saturated heterocycles. The molecule has 24 heavy (non-hydrogen) atoms. The molecule has 0 saturated carbocycles. The highest BCUT2D eigenvalue weighted by Gasteiger charge is 2.32. The first kappa shape index (κ1) is 19.5. The zero-order valence-electron chi connectivity index (χ0n) is 13.9. The van der Waals surface area contributed by atoms with Crippen LogP contribution in [0.4, 0.5) is 0 Å². The normalized spacial score (nSPS) is 16.6. The van der Waals surface area contributed by atoms with E-state index in [1.54, 1.807) is 0 Å². The van der Waals surface area contributed by atoms with Crippen LogP contribution in [-0.4, -0.2) is 46.1 Å². The average molecular weight is 338 g/mol. The van der Waals surface area contributed by atoms with Crippen LogP contribution in [0.2, 0.25) is 0 Å². The summed E-state index contributed by atoms with van der Waals surface area (Å²) in [7, 11) is 0. The van der Waals surface area contributed by atoms with Crippen molar-refractivity contribution in [2.45, 2.75) is 52.4 Å².